The normalized spacial score (nSPS) is 12.0. The predicted molar refractivity (Wildman–Crippen MR) is 75.3 cm³/mol. The molecule has 1 N–H and O–H groups in total. The van der Waals surface area contributed by atoms with E-state index in [1.54, 1.807) is 37.7 Å². The number of rotatable bonds is 3. The van der Waals surface area contributed by atoms with E-state index in [0.717, 1.165) is 5.69 Å². The molecule has 0 atom stereocenters. The van der Waals surface area contributed by atoms with Crippen molar-refractivity contribution in [2.75, 3.05) is 4.72 Å². The summed E-state index contributed by atoms with van der Waals surface area (Å²) in [6.07, 6.45) is 0. The van der Waals surface area contributed by atoms with Crippen LogP contribution in [0.25, 0.3) is 11.0 Å². The molecule has 1 aromatic carbocycles. The molecule has 2 heterocycles. The average Bonchev–Trinajstić information content (AvgIpc) is 2.99. The highest BCUT2D eigenvalue weighted by Crippen LogP contribution is 2.25. The molecule has 0 aliphatic heterocycles. The van der Waals surface area contributed by atoms with Gasteiger partial charge in [-0.15, -0.1) is 0 Å². The zero-order valence-electron chi connectivity index (χ0n) is 11.7. The van der Waals surface area contributed by atoms with Crippen molar-refractivity contribution in [1.29, 1.82) is 0 Å². The maximum atomic E-state index is 12.6. The molecule has 0 unspecified atom stereocenters. The molecule has 0 spiro atoms. The van der Waals surface area contributed by atoms with Crippen molar-refractivity contribution in [3.8, 4) is 0 Å². The lowest BCUT2D eigenvalue weighted by Crippen LogP contribution is -2.14. The minimum Gasteiger partial charge on any atom is -0.276 e. The van der Waals surface area contributed by atoms with Crippen LogP contribution in [0.4, 0.5) is 5.69 Å². The SMILES string of the molecule is Cc1nn(C)c(C)c1NS(=O)(=O)c1cccc2nonc12. The minimum absolute atomic E-state index is 0.0175. The third kappa shape index (κ3) is 2.15. The van der Waals surface area contributed by atoms with Crippen LogP contribution in [0.2, 0.25) is 0 Å². The van der Waals surface area contributed by atoms with E-state index in [1.165, 1.54) is 6.07 Å². The topological polar surface area (TPSA) is 103 Å². The number of nitrogens with one attached hydrogen (secondary N) is 1. The maximum absolute atomic E-state index is 12.6. The largest absolute Gasteiger partial charge is 0.276 e. The van der Waals surface area contributed by atoms with Crippen LogP contribution in [0.3, 0.4) is 0 Å². The summed E-state index contributed by atoms with van der Waals surface area (Å²) < 4.78 is 33.9. The van der Waals surface area contributed by atoms with Crippen LogP contribution in [-0.4, -0.2) is 28.5 Å². The third-order valence-corrected chi connectivity index (χ3v) is 4.67. The average molecular weight is 307 g/mol. The van der Waals surface area contributed by atoms with Crippen LogP contribution in [-0.2, 0) is 17.1 Å². The van der Waals surface area contributed by atoms with Crippen molar-refractivity contribution in [2.24, 2.45) is 7.05 Å². The summed E-state index contributed by atoms with van der Waals surface area (Å²) in [5, 5.41) is 11.5. The summed E-state index contributed by atoms with van der Waals surface area (Å²) in [5.41, 5.74) is 2.37. The number of sulfonamides is 1. The standard InChI is InChI=1S/C12H13N5O3S/c1-7-11(8(2)17(3)13-7)16-21(18,19)10-6-4-5-9-12(10)15-20-14-9/h4-6,16H,1-3H3. The zero-order chi connectivity index (χ0) is 15.2. The Hall–Kier alpha value is -2.42. The number of hydrogen-bond acceptors (Lipinski definition) is 6. The number of anilines is 1. The van der Waals surface area contributed by atoms with Gasteiger partial charge in [-0.3, -0.25) is 9.40 Å². The molecule has 0 aliphatic carbocycles. The van der Waals surface area contributed by atoms with Gasteiger partial charge in [0.15, 0.2) is 5.52 Å². The third-order valence-electron chi connectivity index (χ3n) is 3.28. The molecule has 0 bridgehead atoms. The van der Waals surface area contributed by atoms with E-state index in [4.69, 9.17) is 0 Å². The summed E-state index contributed by atoms with van der Waals surface area (Å²) in [4.78, 5) is 0.0175. The molecule has 3 aromatic rings. The quantitative estimate of drug-likeness (QED) is 0.784. The van der Waals surface area contributed by atoms with Crippen LogP contribution < -0.4 is 4.72 Å². The van der Waals surface area contributed by atoms with Crippen molar-refractivity contribution in [2.45, 2.75) is 18.7 Å². The molecule has 0 saturated heterocycles. The first-order chi connectivity index (χ1) is 9.90. The van der Waals surface area contributed by atoms with Crippen molar-refractivity contribution >= 4 is 26.7 Å². The summed E-state index contributed by atoms with van der Waals surface area (Å²) in [6, 6.07) is 4.67. The van der Waals surface area contributed by atoms with Gasteiger partial charge in [0.25, 0.3) is 10.0 Å². The lowest BCUT2D eigenvalue weighted by atomic mass is 10.3. The van der Waals surface area contributed by atoms with Gasteiger partial charge in [-0.05, 0) is 36.3 Å². The molecule has 0 aliphatic rings. The Morgan fingerprint density at radius 2 is 2.00 bits per heavy atom. The second kappa shape index (κ2) is 4.55. The summed E-state index contributed by atoms with van der Waals surface area (Å²) in [5.74, 6) is 0. The lowest BCUT2D eigenvalue weighted by Gasteiger charge is -2.08. The van der Waals surface area contributed by atoms with E-state index in [9.17, 15) is 8.42 Å². The first kappa shape index (κ1) is 13.6. The molecule has 0 radical (unpaired) electrons. The van der Waals surface area contributed by atoms with Gasteiger partial charge in [0.1, 0.15) is 10.4 Å². The van der Waals surface area contributed by atoms with E-state index in [0.29, 0.717) is 16.9 Å². The molecule has 3 rings (SSSR count). The molecule has 110 valence electrons. The van der Waals surface area contributed by atoms with Crippen molar-refractivity contribution in [3.63, 3.8) is 0 Å². The molecule has 2 aromatic heterocycles. The van der Waals surface area contributed by atoms with Crippen LogP contribution in [0.15, 0.2) is 27.7 Å². The van der Waals surface area contributed by atoms with Gasteiger partial charge < -0.3 is 0 Å². The number of aromatic nitrogens is 4. The fraction of sp³-hybridized carbons (Fsp3) is 0.250. The van der Waals surface area contributed by atoms with Gasteiger partial charge in [0.2, 0.25) is 0 Å². The second-order valence-corrected chi connectivity index (χ2v) is 6.31. The summed E-state index contributed by atoms with van der Waals surface area (Å²) >= 11 is 0. The van der Waals surface area contributed by atoms with E-state index < -0.39 is 10.0 Å². The van der Waals surface area contributed by atoms with Crippen LogP contribution in [0.5, 0.6) is 0 Å². The number of aryl methyl sites for hydroxylation is 2. The van der Waals surface area contributed by atoms with Crippen molar-refractivity contribution < 1.29 is 13.0 Å². The molecule has 21 heavy (non-hydrogen) atoms. The fourth-order valence-electron chi connectivity index (χ4n) is 2.11. The highest BCUT2D eigenvalue weighted by atomic mass is 32.2. The van der Waals surface area contributed by atoms with Crippen LogP contribution in [0.1, 0.15) is 11.4 Å². The van der Waals surface area contributed by atoms with Gasteiger partial charge in [-0.1, -0.05) is 6.07 Å². The lowest BCUT2D eigenvalue weighted by molar-refractivity contribution is 0.315. The molecule has 0 amide bonds. The van der Waals surface area contributed by atoms with E-state index in [1.807, 2.05) is 0 Å². The Balaban J connectivity index is 2.11. The van der Waals surface area contributed by atoms with E-state index in [2.05, 4.69) is 24.8 Å². The van der Waals surface area contributed by atoms with Gasteiger partial charge in [0, 0.05) is 7.05 Å². The molecular weight excluding hydrogens is 294 g/mol. The Morgan fingerprint density at radius 1 is 1.24 bits per heavy atom. The first-order valence-corrected chi connectivity index (χ1v) is 7.63. The number of benzene rings is 1. The Labute approximate surface area is 120 Å². The van der Waals surface area contributed by atoms with Crippen LogP contribution >= 0.6 is 0 Å². The molecular formula is C12H13N5O3S. The highest BCUT2D eigenvalue weighted by Gasteiger charge is 2.23. The van der Waals surface area contributed by atoms with E-state index >= 15 is 0 Å². The molecule has 0 fully saturated rings. The maximum Gasteiger partial charge on any atom is 0.264 e. The van der Waals surface area contributed by atoms with Gasteiger partial charge in [0.05, 0.1) is 17.1 Å². The Bertz CT molecular complexity index is 926. The fourth-order valence-corrected chi connectivity index (χ4v) is 3.44. The zero-order valence-corrected chi connectivity index (χ0v) is 12.5. The molecule has 9 heteroatoms. The van der Waals surface area contributed by atoms with Crippen molar-refractivity contribution in [1.82, 2.24) is 20.1 Å². The van der Waals surface area contributed by atoms with Crippen LogP contribution in [0, 0.1) is 13.8 Å². The smallest absolute Gasteiger partial charge is 0.264 e. The van der Waals surface area contributed by atoms with Gasteiger partial charge in [-0.2, -0.15) is 5.10 Å². The monoisotopic (exact) mass is 307 g/mol. The molecule has 8 nitrogen and oxygen atoms in total. The first-order valence-electron chi connectivity index (χ1n) is 6.14. The van der Waals surface area contributed by atoms with Gasteiger partial charge >= 0.3 is 0 Å². The number of fused-ring (bicyclic) bond motifs is 1. The highest BCUT2D eigenvalue weighted by molar-refractivity contribution is 7.93. The summed E-state index contributed by atoms with van der Waals surface area (Å²) in [7, 11) is -2.05. The Morgan fingerprint density at radius 3 is 2.67 bits per heavy atom. The summed E-state index contributed by atoms with van der Waals surface area (Å²) in [6.45, 7) is 3.53. The van der Waals surface area contributed by atoms with Gasteiger partial charge in [-0.25, -0.2) is 13.0 Å². The molecule has 0 saturated carbocycles. The van der Waals surface area contributed by atoms with Crippen molar-refractivity contribution in [3.05, 3.63) is 29.6 Å². The predicted octanol–water partition coefficient (Wildman–Crippen LogP) is 1.37. The number of nitrogens with zero attached hydrogens (tertiary/aromatic N) is 4. The number of hydrogen-bond donors (Lipinski definition) is 1. The Kier molecular flexibility index (Phi) is 2.94. The minimum atomic E-state index is -3.81. The van der Waals surface area contributed by atoms with E-state index in [-0.39, 0.29) is 10.4 Å². The second-order valence-electron chi connectivity index (χ2n) is 4.66.